The van der Waals surface area contributed by atoms with Crippen molar-refractivity contribution in [3.8, 4) is 0 Å². The first-order valence-corrected chi connectivity index (χ1v) is 5.53. The Kier molecular flexibility index (Phi) is 8.09. The van der Waals surface area contributed by atoms with E-state index >= 15 is 0 Å². The van der Waals surface area contributed by atoms with Crippen LogP contribution >= 0.6 is 24.0 Å². The number of halogens is 2. The van der Waals surface area contributed by atoms with Gasteiger partial charge in [-0.3, -0.25) is 15.0 Å². The maximum absolute atomic E-state index is 11.5. The van der Waals surface area contributed by atoms with Crippen LogP contribution in [0.15, 0.2) is 24.3 Å². The Labute approximate surface area is 121 Å². The van der Waals surface area contributed by atoms with Gasteiger partial charge in [0.15, 0.2) is 0 Å². The lowest BCUT2D eigenvalue weighted by Gasteiger charge is -2.12. The molecule has 106 valence electrons. The summed E-state index contributed by atoms with van der Waals surface area (Å²) < 4.78 is 0. The van der Waals surface area contributed by atoms with Gasteiger partial charge in [0.25, 0.3) is 0 Å². The molecule has 6 nitrogen and oxygen atoms in total. The minimum atomic E-state index is -1.25. The van der Waals surface area contributed by atoms with Crippen molar-refractivity contribution in [3.05, 3.63) is 34.9 Å². The number of carboxylic acid groups (broad SMARTS) is 1. The van der Waals surface area contributed by atoms with Crippen molar-refractivity contribution in [3.63, 3.8) is 0 Å². The van der Waals surface area contributed by atoms with Gasteiger partial charge in [0, 0.05) is 5.02 Å². The third kappa shape index (κ3) is 6.40. The quantitative estimate of drug-likeness (QED) is 0.569. The smallest absolute Gasteiger partial charge is 0.324 e. The molecule has 1 aromatic carbocycles. The van der Waals surface area contributed by atoms with Crippen molar-refractivity contribution in [1.29, 1.82) is 0 Å². The van der Waals surface area contributed by atoms with Crippen LogP contribution in [0, 0.1) is 0 Å². The van der Waals surface area contributed by atoms with Crippen molar-refractivity contribution in [2.45, 2.75) is 12.5 Å². The Bertz CT molecular complexity index is 425. The number of benzene rings is 1. The predicted octanol–water partition coefficient (Wildman–Crippen LogP) is 0.371. The van der Waals surface area contributed by atoms with Crippen molar-refractivity contribution in [2.24, 2.45) is 0 Å². The first kappa shape index (κ1) is 17.7. The highest BCUT2D eigenvalue weighted by Crippen LogP contribution is 2.09. The van der Waals surface area contributed by atoms with Crippen LogP contribution in [0.2, 0.25) is 5.02 Å². The summed E-state index contributed by atoms with van der Waals surface area (Å²) in [5, 5.41) is 17.9. The Balaban J connectivity index is 0.00000324. The molecule has 0 aliphatic heterocycles. The third-order valence-corrected chi connectivity index (χ3v) is 2.40. The van der Waals surface area contributed by atoms with Crippen LogP contribution in [-0.4, -0.2) is 34.7 Å². The van der Waals surface area contributed by atoms with Crippen molar-refractivity contribution in [1.82, 2.24) is 10.9 Å². The van der Waals surface area contributed by atoms with Gasteiger partial charge < -0.3 is 10.2 Å². The second-order valence-electron chi connectivity index (χ2n) is 3.57. The van der Waals surface area contributed by atoms with E-state index in [0.29, 0.717) is 5.02 Å². The second kappa shape index (κ2) is 8.71. The standard InChI is InChI=1S/C11H13ClN2O4.ClH/c12-8-3-1-7(2-4-8)5-10(16)14-13-9(6-15)11(17)18;/h1-4,9,13,15H,5-6H2,(H,14,16)(H,17,18);1H/t9-;/m0./s1. The molecule has 0 aliphatic carbocycles. The Morgan fingerprint density at radius 3 is 2.32 bits per heavy atom. The molecule has 1 aromatic rings. The predicted molar refractivity (Wildman–Crippen MR) is 72.2 cm³/mol. The van der Waals surface area contributed by atoms with Gasteiger partial charge in [0.05, 0.1) is 13.0 Å². The molecule has 1 amide bonds. The number of amides is 1. The number of hydrogen-bond donors (Lipinski definition) is 4. The molecule has 1 atom stereocenters. The molecule has 0 radical (unpaired) electrons. The summed E-state index contributed by atoms with van der Waals surface area (Å²) in [6.45, 7) is -0.615. The summed E-state index contributed by atoms with van der Waals surface area (Å²) >= 11 is 5.70. The fourth-order valence-electron chi connectivity index (χ4n) is 1.18. The number of aliphatic hydroxyl groups excluding tert-OH is 1. The zero-order valence-electron chi connectivity index (χ0n) is 9.80. The Hall–Kier alpha value is -1.34. The maximum Gasteiger partial charge on any atom is 0.324 e. The molecule has 0 bridgehead atoms. The average molecular weight is 309 g/mol. The van der Waals surface area contributed by atoms with E-state index in [9.17, 15) is 9.59 Å². The molecule has 8 heteroatoms. The van der Waals surface area contributed by atoms with Crippen LogP contribution in [0.4, 0.5) is 0 Å². The zero-order valence-corrected chi connectivity index (χ0v) is 11.4. The molecule has 0 heterocycles. The zero-order chi connectivity index (χ0) is 13.5. The molecule has 0 saturated heterocycles. The Morgan fingerprint density at radius 2 is 1.84 bits per heavy atom. The molecule has 0 saturated carbocycles. The highest BCUT2D eigenvalue weighted by Gasteiger charge is 2.16. The van der Waals surface area contributed by atoms with Gasteiger partial charge in [-0.25, -0.2) is 5.43 Å². The summed E-state index contributed by atoms with van der Waals surface area (Å²) in [6.07, 6.45) is 0.0853. The van der Waals surface area contributed by atoms with E-state index in [4.69, 9.17) is 21.8 Å². The number of rotatable bonds is 6. The number of carbonyl (C=O) groups excluding carboxylic acids is 1. The van der Waals surface area contributed by atoms with E-state index in [1.54, 1.807) is 24.3 Å². The van der Waals surface area contributed by atoms with Crippen molar-refractivity contribution in [2.75, 3.05) is 6.61 Å². The van der Waals surface area contributed by atoms with Crippen LogP contribution < -0.4 is 10.9 Å². The van der Waals surface area contributed by atoms with Crippen LogP contribution in [0.3, 0.4) is 0 Å². The molecule has 0 aliphatic rings. The summed E-state index contributed by atoms with van der Waals surface area (Å²) in [5.41, 5.74) is 5.19. The van der Waals surface area contributed by atoms with Crippen LogP contribution in [-0.2, 0) is 16.0 Å². The van der Waals surface area contributed by atoms with E-state index in [2.05, 4.69) is 10.9 Å². The molecule has 4 N–H and O–H groups in total. The third-order valence-electron chi connectivity index (χ3n) is 2.14. The van der Waals surface area contributed by atoms with Gasteiger partial charge in [0.1, 0.15) is 6.04 Å². The highest BCUT2D eigenvalue weighted by molar-refractivity contribution is 6.30. The van der Waals surface area contributed by atoms with Gasteiger partial charge in [-0.2, -0.15) is 0 Å². The highest BCUT2D eigenvalue weighted by atomic mass is 35.5. The van der Waals surface area contributed by atoms with E-state index in [0.717, 1.165) is 5.56 Å². The molecular formula is C11H14Cl2N2O4. The fourth-order valence-corrected chi connectivity index (χ4v) is 1.31. The molecule has 0 fully saturated rings. The fraction of sp³-hybridized carbons (Fsp3) is 0.273. The van der Waals surface area contributed by atoms with Crippen LogP contribution in [0.5, 0.6) is 0 Å². The van der Waals surface area contributed by atoms with Gasteiger partial charge in [-0.15, -0.1) is 12.4 Å². The molecule has 19 heavy (non-hydrogen) atoms. The van der Waals surface area contributed by atoms with Crippen LogP contribution in [0.25, 0.3) is 0 Å². The second-order valence-corrected chi connectivity index (χ2v) is 4.01. The summed E-state index contributed by atoms with van der Waals surface area (Å²) in [7, 11) is 0. The number of hydrogen-bond acceptors (Lipinski definition) is 4. The molecule has 0 spiro atoms. The monoisotopic (exact) mass is 308 g/mol. The lowest BCUT2D eigenvalue weighted by atomic mass is 10.1. The summed E-state index contributed by atoms with van der Waals surface area (Å²) in [4.78, 5) is 22.0. The first-order valence-electron chi connectivity index (χ1n) is 5.15. The lowest BCUT2D eigenvalue weighted by Crippen LogP contribution is -2.50. The number of aliphatic hydroxyl groups is 1. The summed E-state index contributed by atoms with van der Waals surface area (Å²) in [5.74, 6) is -1.65. The SMILES string of the molecule is Cl.O=C(Cc1ccc(Cl)cc1)NN[C@@H](CO)C(=O)O. The first-order chi connectivity index (χ1) is 8.52. The van der Waals surface area contributed by atoms with Crippen LogP contribution in [0.1, 0.15) is 5.56 Å². The van der Waals surface area contributed by atoms with Gasteiger partial charge in [-0.1, -0.05) is 23.7 Å². The van der Waals surface area contributed by atoms with E-state index in [1.807, 2.05) is 0 Å². The minimum Gasteiger partial charge on any atom is -0.480 e. The number of hydrazine groups is 1. The van der Waals surface area contributed by atoms with E-state index in [1.165, 1.54) is 0 Å². The van der Waals surface area contributed by atoms with Gasteiger partial charge >= 0.3 is 5.97 Å². The number of aliphatic carboxylic acids is 1. The molecule has 0 aromatic heterocycles. The van der Waals surface area contributed by atoms with E-state index in [-0.39, 0.29) is 18.8 Å². The van der Waals surface area contributed by atoms with Crippen molar-refractivity contribution >= 4 is 35.9 Å². The number of carbonyl (C=O) groups is 2. The topological polar surface area (TPSA) is 98.7 Å². The average Bonchev–Trinajstić information content (AvgIpc) is 2.32. The lowest BCUT2D eigenvalue weighted by molar-refractivity contribution is -0.141. The molecule has 0 unspecified atom stereocenters. The molecular weight excluding hydrogens is 295 g/mol. The number of nitrogens with one attached hydrogen (secondary N) is 2. The van der Waals surface area contributed by atoms with Gasteiger partial charge in [0.2, 0.25) is 5.91 Å². The van der Waals surface area contributed by atoms with Gasteiger partial charge in [-0.05, 0) is 17.7 Å². The normalized spacial score (nSPS) is 11.3. The molecule has 1 rings (SSSR count). The van der Waals surface area contributed by atoms with Crippen molar-refractivity contribution < 1.29 is 19.8 Å². The number of carboxylic acids is 1. The Morgan fingerprint density at radius 1 is 1.26 bits per heavy atom. The summed E-state index contributed by atoms with van der Waals surface area (Å²) in [6, 6.07) is 5.49. The maximum atomic E-state index is 11.5. The minimum absolute atomic E-state index is 0. The largest absolute Gasteiger partial charge is 0.480 e. The van der Waals surface area contributed by atoms with E-state index < -0.39 is 24.5 Å².